The van der Waals surface area contributed by atoms with Crippen LogP contribution in [0.2, 0.25) is 0 Å². The Hall–Kier alpha value is -1.46. The van der Waals surface area contributed by atoms with E-state index in [1.54, 1.807) is 17.5 Å². The molecule has 2 aliphatic rings. The minimum Gasteiger partial charge on any atom is -0.348 e. The molecule has 0 aliphatic carbocycles. The molecule has 98 valence electrons. The summed E-state index contributed by atoms with van der Waals surface area (Å²) in [5, 5.41) is 6.22. The number of nitrogens with one attached hydrogen (secondary N) is 1. The summed E-state index contributed by atoms with van der Waals surface area (Å²) < 4.78 is 0. The van der Waals surface area contributed by atoms with Crippen LogP contribution in [0.5, 0.6) is 0 Å². The minimum atomic E-state index is 0.0133. The van der Waals surface area contributed by atoms with Crippen molar-refractivity contribution in [1.29, 1.82) is 0 Å². The van der Waals surface area contributed by atoms with Gasteiger partial charge in [-0.1, -0.05) is 0 Å². The number of piperidine rings is 1. The number of nitrogens with zero attached hydrogens (tertiary/aromatic N) is 2. The SMILES string of the molecule is O=C(NC1CN2CCC1C2)c1cnc2sccc2c1. The smallest absolute Gasteiger partial charge is 0.253 e. The molecule has 2 fully saturated rings. The summed E-state index contributed by atoms with van der Waals surface area (Å²) >= 11 is 1.60. The lowest BCUT2D eigenvalue weighted by Gasteiger charge is -2.23. The quantitative estimate of drug-likeness (QED) is 0.906. The van der Waals surface area contributed by atoms with Crippen molar-refractivity contribution in [2.75, 3.05) is 19.6 Å². The fraction of sp³-hybridized carbons (Fsp3) is 0.429. The van der Waals surface area contributed by atoms with Gasteiger partial charge in [-0.3, -0.25) is 4.79 Å². The number of hydrogen-bond acceptors (Lipinski definition) is 4. The largest absolute Gasteiger partial charge is 0.348 e. The Bertz CT molecular complexity index is 638. The molecule has 2 saturated heterocycles. The van der Waals surface area contributed by atoms with E-state index in [2.05, 4.69) is 15.2 Å². The molecule has 2 aromatic rings. The average molecular weight is 273 g/mol. The Balaban J connectivity index is 1.53. The Morgan fingerprint density at radius 1 is 1.47 bits per heavy atom. The van der Waals surface area contributed by atoms with Crippen LogP contribution in [0.15, 0.2) is 23.7 Å². The van der Waals surface area contributed by atoms with Crippen LogP contribution in [0.1, 0.15) is 16.8 Å². The van der Waals surface area contributed by atoms with Gasteiger partial charge in [0.1, 0.15) is 4.83 Å². The van der Waals surface area contributed by atoms with Crippen molar-refractivity contribution in [3.63, 3.8) is 0 Å². The van der Waals surface area contributed by atoms with Gasteiger partial charge in [0, 0.05) is 30.7 Å². The van der Waals surface area contributed by atoms with E-state index in [4.69, 9.17) is 0 Å². The van der Waals surface area contributed by atoms with Gasteiger partial charge in [-0.2, -0.15) is 0 Å². The highest BCUT2D eigenvalue weighted by Gasteiger charge is 2.38. The highest BCUT2D eigenvalue weighted by Crippen LogP contribution is 2.28. The van der Waals surface area contributed by atoms with E-state index in [-0.39, 0.29) is 5.91 Å². The summed E-state index contributed by atoms with van der Waals surface area (Å²) in [5.74, 6) is 0.654. The van der Waals surface area contributed by atoms with Gasteiger partial charge in [-0.05, 0) is 36.4 Å². The second-order valence-corrected chi connectivity index (χ2v) is 6.32. The predicted molar refractivity (Wildman–Crippen MR) is 75.4 cm³/mol. The van der Waals surface area contributed by atoms with E-state index >= 15 is 0 Å². The molecule has 4 heterocycles. The molecule has 5 heteroatoms. The summed E-state index contributed by atoms with van der Waals surface area (Å²) in [5.41, 5.74) is 0.670. The molecule has 4 rings (SSSR count). The summed E-state index contributed by atoms with van der Waals surface area (Å²) in [6.07, 6.45) is 2.90. The van der Waals surface area contributed by atoms with E-state index in [1.165, 1.54) is 13.0 Å². The Kier molecular flexibility index (Phi) is 2.56. The zero-order valence-electron chi connectivity index (χ0n) is 10.5. The Morgan fingerprint density at radius 2 is 2.42 bits per heavy atom. The number of rotatable bonds is 2. The van der Waals surface area contributed by atoms with Gasteiger partial charge in [0.05, 0.1) is 5.56 Å². The molecule has 4 nitrogen and oxygen atoms in total. The molecule has 1 N–H and O–H groups in total. The molecule has 0 spiro atoms. The summed E-state index contributed by atoms with van der Waals surface area (Å²) in [4.78, 5) is 20.0. The lowest BCUT2D eigenvalue weighted by atomic mass is 10.00. The van der Waals surface area contributed by atoms with Crippen LogP contribution in [0, 0.1) is 5.92 Å². The lowest BCUT2D eigenvalue weighted by molar-refractivity contribution is 0.0924. The highest BCUT2D eigenvalue weighted by molar-refractivity contribution is 7.16. The molecule has 2 aromatic heterocycles. The first-order valence-corrected chi connectivity index (χ1v) is 7.54. The first kappa shape index (κ1) is 11.4. The van der Waals surface area contributed by atoms with Crippen LogP contribution in [0.25, 0.3) is 10.2 Å². The van der Waals surface area contributed by atoms with Crippen LogP contribution in [-0.4, -0.2) is 41.5 Å². The maximum absolute atomic E-state index is 12.3. The molecular weight excluding hydrogens is 258 g/mol. The van der Waals surface area contributed by atoms with Gasteiger partial charge in [-0.25, -0.2) is 4.98 Å². The van der Waals surface area contributed by atoms with Gasteiger partial charge in [-0.15, -0.1) is 11.3 Å². The Labute approximate surface area is 115 Å². The fourth-order valence-corrected chi connectivity index (χ4v) is 3.90. The fourth-order valence-electron chi connectivity index (χ4n) is 3.18. The molecule has 0 aromatic carbocycles. The number of hydrogen-bond donors (Lipinski definition) is 1. The summed E-state index contributed by atoms with van der Waals surface area (Å²) in [6, 6.07) is 4.26. The zero-order chi connectivity index (χ0) is 12.8. The first-order valence-electron chi connectivity index (χ1n) is 6.66. The molecule has 3 unspecified atom stereocenters. The van der Waals surface area contributed by atoms with Gasteiger partial charge in [0.2, 0.25) is 0 Å². The van der Waals surface area contributed by atoms with Gasteiger partial charge < -0.3 is 10.2 Å². The molecule has 0 saturated carbocycles. The maximum Gasteiger partial charge on any atom is 0.253 e. The van der Waals surface area contributed by atoms with Crippen molar-refractivity contribution in [2.24, 2.45) is 5.92 Å². The first-order chi connectivity index (χ1) is 9.29. The molecule has 2 aliphatic heterocycles. The molecule has 2 bridgehead atoms. The topological polar surface area (TPSA) is 45.2 Å². The van der Waals surface area contributed by atoms with E-state index in [0.29, 0.717) is 17.5 Å². The van der Waals surface area contributed by atoms with Crippen molar-refractivity contribution < 1.29 is 4.79 Å². The number of fused-ring (bicyclic) bond motifs is 3. The number of carbonyl (C=O) groups is 1. The van der Waals surface area contributed by atoms with E-state index < -0.39 is 0 Å². The van der Waals surface area contributed by atoms with E-state index in [1.807, 2.05) is 17.5 Å². The van der Waals surface area contributed by atoms with Gasteiger partial charge >= 0.3 is 0 Å². The van der Waals surface area contributed by atoms with Crippen molar-refractivity contribution in [1.82, 2.24) is 15.2 Å². The monoisotopic (exact) mass is 273 g/mol. The van der Waals surface area contributed by atoms with Crippen LogP contribution in [0.4, 0.5) is 0 Å². The van der Waals surface area contributed by atoms with Crippen molar-refractivity contribution >= 4 is 27.5 Å². The van der Waals surface area contributed by atoms with E-state index in [9.17, 15) is 4.79 Å². The van der Waals surface area contributed by atoms with Crippen LogP contribution in [-0.2, 0) is 0 Å². The second kappa shape index (κ2) is 4.28. The molecule has 1 amide bonds. The third-order valence-electron chi connectivity index (χ3n) is 4.22. The summed E-state index contributed by atoms with van der Waals surface area (Å²) in [7, 11) is 0. The van der Waals surface area contributed by atoms with Crippen molar-refractivity contribution in [2.45, 2.75) is 12.5 Å². The number of pyridine rings is 1. The van der Waals surface area contributed by atoms with Crippen molar-refractivity contribution in [3.05, 3.63) is 29.3 Å². The standard InChI is InChI=1S/C14H15N3OS/c18-13(16-12-8-17-3-1-10(12)7-17)11-5-9-2-4-19-14(9)15-6-11/h2,4-6,10,12H,1,3,7-8H2,(H,16,18). The van der Waals surface area contributed by atoms with Gasteiger partial charge in [0.15, 0.2) is 0 Å². The molecular formula is C14H15N3OS. The zero-order valence-corrected chi connectivity index (χ0v) is 11.3. The second-order valence-electron chi connectivity index (χ2n) is 5.43. The summed E-state index contributed by atoms with van der Waals surface area (Å²) in [6.45, 7) is 3.34. The number of amides is 1. The number of carbonyl (C=O) groups excluding carboxylic acids is 1. The lowest BCUT2D eigenvalue weighted by Crippen LogP contribution is -2.43. The van der Waals surface area contributed by atoms with Crippen LogP contribution >= 0.6 is 11.3 Å². The Morgan fingerprint density at radius 3 is 3.21 bits per heavy atom. The number of aromatic nitrogens is 1. The molecule has 0 radical (unpaired) electrons. The maximum atomic E-state index is 12.3. The highest BCUT2D eigenvalue weighted by atomic mass is 32.1. The van der Waals surface area contributed by atoms with E-state index in [0.717, 1.165) is 23.3 Å². The molecule has 3 atom stereocenters. The average Bonchev–Trinajstić information content (AvgIpc) is 3.13. The van der Waals surface area contributed by atoms with Crippen LogP contribution in [0.3, 0.4) is 0 Å². The third kappa shape index (κ3) is 1.93. The van der Waals surface area contributed by atoms with Crippen molar-refractivity contribution in [3.8, 4) is 0 Å². The third-order valence-corrected chi connectivity index (χ3v) is 5.05. The normalized spacial score (nSPS) is 28.9. The number of thiophene rings is 1. The van der Waals surface area contributed by atoms with Crippen LogP contribution < -0.4 is 5.32 Å². The van der Waals surface area contributed by atoms with Gasteiger partial charge in [0.25, 0.3) is 5.91 Å². The minimum absolute atomic E-state index is 0.0133. The predicted octanol–water partition coefficient (Wildman–Crippen LogP) is 1.73. The molecule has 19 heavy (non-hydrogen) atoms.